The van der Waals surface area contributed by atoms with Gasteiger partial charge < -0.3 is 19.4 Å². The van der Waals surface area contributed by atoms with Crippen molar-refractivity contribution < 1.29 is 13.9 Å². The molecular weight excluding hydrogens is 282 g/mol. The third-order valence-corrected chi connectivity index (χ3v) is 2.99. The number of oxazole rings is 1. The molecule has 2 aromatic carbocycles. The molecule has 0 saturated heterocycles. The molecule has 3 rings (SSSR count). The van der Waals surface area contributed by atoms with Crippen molar-refractivity contribution in [2.75, 3.05) is 19.4 Å². The van der Waals surface area contributed by atoms with Gasteiger partial charge in [0.15, 0.2) is 5.58 Å². The Morgan fingerprint density at radius 1 is 1.14 bits per heavy atom. The van der Waals surface area contributed by atoms with Crippen molar-refractivity contribution in [1.82, 2.24) is 9.88 Å². The maximum Gasteiger partial charge on any atom is 0.400 e. The van der Waals surface area contributed by atoms with Crippen molar-refractivity contribution >= 4 is 22.8 Å². The average molecular weight is 297 g/mol. The fourth-order valence-electron chi connectivity index (χ4n) is 1.84. The van der Waals surface area contributed by atoms with Crippen LogP contribution in [0.3, 0.4) is 0 Å². The highest BCUT2D eigenvalue weighted by Gasteiger charge is 2.08. The van der Waals surface area contributed by atoms with E-state index < -0.39 is 0 Å². The zero-order valence-corrected chi connectivity index (χ0v) is 12.2. The van der Waals surface area contributed by atoms with E-state index in [0.717, 1.165) is 5.52 Å². The van der Waals surface area contributed by atoms with Crippen molar-refractivity contribution in [3.8, 4) is 11.8 Å². The van der Waals surface area contributed by atoms with Gasteiger partial charge in [0, 0.05) is 19.8 Å². The zero-order valence-electron chi connectivity index (χ0n) is 12.2. The van der Waals surface area contributed by atoms with Gasteiger partial charge in [-0.25, -0.2) is 4.79 Å². The molecular formula is C16H15N3O3. The SMILES string of the molecule is CN(C)C(=O)Nc1ccc(Oc2nc3ccccc3o2)cc1. The number of para-hydroxylation sites is 2. The van der Waals surface area contributed by atoms with Gasteiger partial charge in [-0.2, -0.15) is 4.98 Å². The summed E-state index contributed by atoms with van der Waals surface area (Å²) in [5, 5.41) is 2.75. The average Bonchev–Trinajstić information content (AvgIpc) is 2.91. The summed E-state index contributed by atoms with van der Waals surface area (Å²) in [5.41, 5.74) is 2.10. The number of ether oxygens (including phenoxy) is 1. The number of urea groups is 1. The van der Waals surface area contributed by atoms with Gasteiger partial charge in [-0.05, 0) is 36.4 Å². The van der Waals surface area contributed by atoms with Gasteiger partial charge in [-0.15, -0.1) is 0 Å². The molecule has 0 saturated carbocycles. The molecule has 112 valence electrons. The van der Waals surface area contributed by atoms with E-state index in [-0.39, 0.29) is 12.1 Å². The van der Waals surface area contributed by atoms with Crippen LogP contribution < -0.4 is 10.1 Å². The van der Waals surface area contributed by atoms with E-state index in [1.54, 1.807) is 38.4 Å². The molecule has 0 aliphatic rings. The lowest BCUT2D eigenvalue weighted by atomic mass is 10.3. The summed E-state index contributed by atoms with van der Waals surface area (Å²) in [5.74, 6) is 0.578. The lowest BCUT2D eigenvalue weighted by molar-refractivity contribution is 0.230. The maximum atomic E-state index is 11.5. The monoisotopic (exact) mass is 297 g/mol. The molecule has 1 heterocycles. The van der Waals surface area contributed by atoms with E-state index in [1.165, 1.54) is 4.90 Å². The summed E-state index contributed by atoms with van der Waals surface area (Å²) < 4.78 is 11.1. The van der Waals surface area contributed by atoms with Crippen LogP contribution in [0, 0.1) is 0 Å². The maximum absolute atomic E-state index is 11.5. The minimum Gasteiger partial charge on any atom is -0.411 e. The molecule has 0 radical (unpaired) electrons. The van der Waals surface area contributed by atoms with Gasteiger partial charge in [0.1, 0.15) is 11.3 Å². The second-order valence-corrected chi connectivity index (χ2v) is 4.90. The first-order chi connectivity index (χ1) is 10.6. The Hall–Kier alpha value is -3.02. The van der Waals surface area contributed by atoms with Gasteiger partial charge in [-0.3, -0.25) is 0 Å². The summed E-state index contributed by atoms with van der Waals surface area (Å²) in [6, 6.07) is 14.2. The van der Waals surface area contributed by atoms with Crippen molar-refractivity contribution in [3.63, 3.8) is 0 Å². The smallest absolute Gasteiger partial charge is 0.400 e. The van der Waals surface area contributed by atoms with Gasteiger partial charge in [-0.1, -0.05) is 12.1 Å². The Bertz CT molecular complexity index is 761. The van der Waals surface area contributed by atoms with E-state index in [4.69, 9.17) is 9.15 Å². The number of rotatable bonds is 3. The number of nitrogens with one attached hydrogen (secondary N) is 1. The van der Waals surface area contributed by atoms with Crippen molar-refractivity contribution in [3.05, 3.63) is 48.5 Å². The fraction of sp³-hybridized carbons (Fsp3) is 0.125. The zero-order chi connectivity index (χ0) is 15.5. The summed E-state index contributed by atoms with van der Waals surface area (Å²) in [4.78, 5) is 17.2. The standard InChI is InChI=1S/C16H15N3O3/c1-19(2)15(20)17-11-7-9-12(10-8-11)21-16-18-13-5-3-4-6-14(13)22-16/h3-10H,1-2H3,(H,17,20). The van der Waals surface area contributed by atoms with Crippen molar-refractivity contribution in [2.24, 2.45) is 0 Å². The number of carbonyl (C=O) groups is 1. The van der Waals surface area contributed by atoms with Crippen LogP contribution in [-0.2, 0) is 0 Å². The summed E-state index contributed by atoms with van der Waals surface area (Å²) in [6.45, 7) is 0. The van der Waals surface area contributed by atoms with Crippen LogP contribution in [0.4, 0.5) is 10.5 Å². The van der Waals surface area contributed by atoms with E-state index in [2.05, 4.69) is 10.3 Å². The highest BCUT2D eigenvalue weighted by atomic mass is 16.6. The van der Waals surface area contributed by atoms with Crippen molar-refractivity contribution in [1.29, 1.82) is 0 Å². The fourth-order valence-corrected chi connectivity index (χ4v) is 1.84. The molecule has 1 N–H and O–H groups in total. The van der Waals surface area contributed by atoms with Crippen LogP contribution in [0.5, 0.6) is 11.8 Å². The predicted octanol–water partition coefficient (Wildman–Crippen LogP) is 3.71. The molecule has 0 aliphatic carbocycles. The number of benzene rings is 2. The first-order valence-electron chi connectivity index (χ1n) is 6.73. The first-order valence-corrected chi connectivity index (χ1v) is 6.73. The van der Waals surface area contributed by atoms with E-state index >= 15 is 0 Å². The minimum absolute atomic E-state index is 0.186. The largest absolute Gasteiger partial charge is 0.411 e. The van der Waals surface area contributed by atoms with Gasteiger partial charge in [0.2, 0.25) is 0 Å². The highest BCUT2D eigenvalue weighted by molar-refractivity contribution is 5.88. The third-order valence-electron chi connectivity index (χ3n) is 2.99. The Kier molecular flexibility index (Phi) is 3.65. The molecule has 0 aliphatic heterocycles. The molecule has 1 aromatic heterocycles. The normalized spacial score (nSPS) is 10.5. The first kappa shape index (κ1) is 13.9. The third kappa shape index (κ3) is 3.01. The molecule has 6 nitrogen and oxygen atoms in total. The van der Waals surface area contributed by atoms with Crippen LogP contribution in [0.1, 0.15) is 0 Å². The number of anilines is 1. The number of aromatic nitrogens is 1. The second-order valence-electron chi connectivity index (χ2n) is 4.90. The molecule has 0 fully saturated rings. The molecule has 0 bridgehead atoms. The number of fused-ring (bicyclic) bond motifs is 1. The number of amides is 2. The quantitative estimate of drug-likeness (QED) is 0.800. The number of hydrogen-bond acceptors (Lipinski definition) is 4. The van der Waals surface area contributed by atoms with Crippen LogP contribution in [0.25, 0.3) is 11.1 Å². The van der Waals surface area contributed by atoms with Crippen LogP contribution in [0.2, 0.25) is 0 Å². The molecule has 2 amide bonds. The topological polar surface area (TPSA) is 67.6 Å². The van der Waals surface area contributed by atoms with Crippen LogP contribution in [-0.4, -0.2) is 30.0 Å². The van der Waals surface area contributed by atoms with Crippen molar-refractivity contribution in [2.45, 2.75) is 0 Å². The van der Waals surface area contributed by atoms with Crippen LogP contribution >= 0.6 is 0 Å². The Labute approximate surface area is 127 Å². The van der Waals surface area contributed by atoms with E-state index in [9.17, 15) is 4.79 Å². The lowest BCUT2D eigenvalue weighted by Crippen LogP contribution is -2.27. The summed E-state index contributed by atoms with van der Waals surface area (Å²) >= 11 is 0. The highest BCUT2D eigenvalue weighted by Crippen LogP contribution is 2.26. The molecule has 0 atom stereocenters. The number of carbonyl (C=O) groups excluding carboxylic acids is 1. The predicted molar refractivity (Wildman–Crippen MR) is 83.2 cm³/mol. The minimum atomic E-state index is -0.187. The summed E-state index contributed by atoms with van der Waals surface area (Å²) in [7, 11) is 3.36. The molecule has 22 heavy (non-hydrogen) atoms. The van der Waals surface area contributed by atoms with Gasteiger partial charge >= 0.3 is 12.1 Å². The molecule has 6 heteroatoms. The number of hydrogen-bond donors (Lipinski definition) is 1. The Balaban J connectivity index is 1.71. The molecule has 3 aromatic rings. The Morgan fingerprint density at radius 2 is 1.86 bits per heavy atom. The molecule has 0 spiro atoms. The second kappa shape index (κ2) is 5.77. The van der Waals surface area contributed by atoms with E-state index in [0.29, 0.717) is 17.0 Å². The van der Waals surface area contributed by atoms with E-state index in [1.807, 2.05) is 24.3 Å². The lowest BCUT2D eigenvalue weighted by Gasteiger charge is -2.12. The van der Waals surface area contributed by atoms with Gasteiger partial charge in [0.05, 0.1) is 0 Å². The van der Waals surface area contributed by atoms with Crippen LogP contribution in [0.15, 0.2) is 52.9 Å². The Morgan fingerprint density at radius 3 is 2.55 bits per heavy atom. The number of nitrogens with zero attached hydrogens (tertiary/aromatic N) is 2. The summed E-state index contributed by atoms with van der Waals surface area (Å²) in [6.07, 6.45) is 0.186. The van der Waals surface area contributed by atoms with Gasteiger partial charge in [0.25, 0.3) is 0 Å². The molecule has 0 unspecified atom stereocenters.